The Labute approximate surface area is 151 Å². The third-order valence-corrected chi connectivity index (χ3v) is 5.30. The van der Waals surface area contributed by atoms with Crippen molar-refractivity contribution < 1.29 is 9.53 Å². The maximum atomic E-state index is 13.4. The lowest BCUT2D eigenvalue weighted by Crippen LogP contribution is -2.56. The molecule has 2 heterocycles. The van der Waals surface area contributed by atoms with Crippen LogP contribution in [0.3, 0.4) is 0 Å². The number of ether oxygens (including phenoxy) is 1. The Bertz CT molecular complexity index is 556. The standard InChI is InChI=1S/C20H31N3O2/c1-20(2,3)23-11-9-22(10-12-23)19(24)18(17-7-5-4-6-8-17)21-13-15-25-16-14-21/h4-8,18H,9-16H2,1-3H3. The van der Waals surface area contributed by atoms with Gasteiger partial charge in [0.15, 0.2) is 0 Å². The van der Waals surface area contributed by atoms with E-state index in [2.05, 4.69) is 47.6 Å². The molecule has 1 aromatic carbocycles. The van der Waals surface area contributed by atoms with Crippen LogP contribution in [-0.4, -0.2) is 78.6 Å². The van der Waals surface area contributed by atoms with Crippen LogP contribution in [-0.2, 0) is 9.53 Å². The van der Waals surface area contributed by atoms with Gasteiger partial charge in [0.1, 0.15) is 6.04 Å². The zero-order valence-corrected chi connectivity index (χ0v) is 15.8. The van der Waals surface area contributed by atoms with Gasteiger partial charge in [-0.1, -0.05) is 30.3 Å². The van der Waals surface area contributed by atoms with E-state index in [1.54, 1.807) is 0 Å². The van der Waals surface area contributed by atoms with E-state index in [9.17, 15) is 4.79 Å². The van der Waals surface area contributed by atoms with Gasteiger partial charge in [0.2, 0.25) is 5.91 Å². The number of hydrogen-bond donors (Lipinski definition) is 0. The fourth-order valence-corrected chi connectivity index (χ4v) is 3.75. The largest absolute Gasteiger partial charge is 0.379 e. The van der Waals surface area contributed by atoms with Crippen molar-refractivity contribution in [2.45, 2.75) is 32.4 Å². The third-order valence-electron chi connectivity index (χ3n) is 5.30. The maximum Gasteiger partial charge on any atom is 0.244 e. The van der Waals surface area contributed by atoms with Crippen molar-refractivity contribution in [3.63, 3.8) is 0 Å². The summed E-state index contributed by atoms with van der Waals surface area (Å²) in [5.74, 6) is 0.238. The first-order valence-electron chi connectivity index (χ1n) is 9.37. The molecule has 1 unspecified atom stereocenters. The highest BCUT2D eigenvalue weighted by molar-refractivity contribution is 5.83. The van der Waals surface area contributed by atoms with E-state index in [0.29, 0.717) is 13.2 Å². The molecule has 25 heavy (non-hydrogen) atoms. The molecule has 0 aliphatic carbocycles. The van der Waals surface area contributed by atoms with Crippen LogP contribution in [0.5, 0.6) is 0 Å². The van der Waals surface area contributed by atoms with Gasteiger partial charge in [-0.3, -0.25) is 14.6 Å². The van der Waals surface area contributed by atoms with E-state index in [1.165, 1.54) is 0 Å². The molecule has 0 N–H and O–H groups in total. The smallest absolute Gasteiger partial charge is 0.244 e. The Hall–Kier alpha value is -1.43. The average molecular weight is 345 g/mol. The van der Waals surface area contributed by atoms with Crippen molar-refractivity contribution in [1.29, 1.82) is 0 Å². The minimum absolute atomic E-state index is 0.165. The Balaban J connectivity index is 1.74. The fourth-order valence-electron chi connectivity index (χ4n) is 3.75. The Morgan fingerprint density at radius 1 is 0.960 bits per heavy atom. The summed E-state index contributed by atoms with van der Waals surface area (Å²) in [5, 5.41) is 0. The van der Waals surface area contributed by atoms with Crippen molar-refractivity contribution in [2.75, 3.05) is 52.5 Å². The number of piperazine rings is 1. The maximum absolute atomic E-state index is 13.4. The SMILES string of the molecule is CC(C)(C)N1CCN(C(=O)C(c2ccccc2)N2CCOCC2)CC1. The lowest BCUT2D eigenvalue weighted by molar-refractivity contribution is -0.141. The van der Waals surface area contributed by atoms with Crippen molar-refractivity contribution in [2.24, 2.45) is 0 Å². The van der Waals surface area contributed by atoms with E-state index in [-0.39, 0.29) is 17.5 Å². The third kappa shape index (κ3) is 4.40. The Morgan fingerprint density at radius 3 is 2.12 bits per heavy atom. The predicted molar refractivity (Wildman–Crippen MR) is 99.5 cm³/mol. The van der Waals surface area contributed by atoms with E-state index in [0.717, 1.165) is 44.8 Å². The van der Waals surface area contributed by atoms with Gasteiger partial charge < -0.3 is 9.64 Å². The molecule has 138 valence electrons. The molecule has 0 aromatic heterocycles. The van der Waals surface area contributed by atoms with Crippen molar-refractivity contribution >= 4 is 5.91 Å². The van der Waals surface area contributed by atoms with Crippen molar-refractivity contribution in [3.05, 3.63) is 35.9 Å². The van der Waals surface area contributed by atoms with Crippen LogP contribution < -0.4 is 0 Å². The van der Waals surface area contributed by atoms with E-state index in [1.807, 2.05) is 18.2 Å². The van der Waals surface area contributed by atoms with Gasteiger partial charge in [0, 0.05) is 44.8 Å². The van der Waals surface area contributed by atoms with E-state index in [4.69, 9.17) is 4.74 Å². The van der Waals surface area contributed by atoms with Gasteiger partial charge in [-0.05, 0) is 26.3 Å². The number of carbonyl (C=O) groups excluding carboxylic acids is 1. The molecular formula is C20H31N3O2. The Morgan fingerprint density at radius 2 is 1.56 bits per heavy atom. The number of amides is 1. The van der Waals surface area contributed by atoms with Gasteiger partial charge in [-0.2, -0.15) is 0 Å². The van der Waals surface area contributed by atoms with Crippen LogP contribution >= 0.6 is 0 Å². The zero-order valence-electron chi connectivity index (χ0n) is 15.8. The first kappa shape index (κ1) is 18.4. The second kappa shape index (κ2) is 7.85. The average Bonchev–Trinajstić information content (AvgIpc) is 2.63. The van der Waals surface area contributed by atoms with Crippen LogP contribution in [0, 0.1) is 0 Å². The summed E-state index contributed by atoms with van der Waals surface area (Å²) < 4.78 is 5.49. The van der Waals surface area contributed by atoms with Gasteiger partial charge in [0.05, 0.1) is 13.2 Å². The normalized spacial score (nSPS) is 22.0. The molecule has 1 amide bonds. The lowest BCUT2D eigenvalue weighted by atomic mass is 10.0. The van der Waals surface area contributed by atoms with Crippen molar-refractivity contribution in [1.82, 2.24) is 14.7 Å². The monoisotopic (exact) mass is 345 g/mol. The quantitative estimate of drug-likeness (QED) is 0.840. The second-order valence-electron chi connectivity index (χ2n) is 7.94. The summed E-state index contributed by atoms with van der Waals surface area (Å²) in [4.78, 5) is 20.2. The molecule has 0 saturated carbocycles. The molecule has 2 saturated heterocycles. The second-order valence-corrected chi connectivity index (χ2v) is 7.94. The number of hydrogen-bond acceptors (Lipinski definition) is 4. The van der Waals surface area contributed by atoms with Gasteiger partial charge in [-0.15, -0.1) is 0 Å². The summed E-state index contributed by atoms with van der Waals surface area (Å²) in [5.41, 5.74) is 1.26. The number of carbonyl (C=O) groups is 1. The molecule has 0 bridgehead atoms. The highest BCUT2D eigenvalue weighted by Crippen LogP contribution is 2.25. The molecule has 2 aliphatic rings. The van der Waals surface area contributed by atoms with Gasteiger partial charge in [-0.25, -0.2) is 0 Å². The van der Waals surface area contributed by atoms with E-state index < -0.39 is 0 Å². The topological polar surface area (TPSA) is 36.0 Å². The highest BCUT2D eigenvalue weighted by atomic mass is 16.5. The number of rotatable bonds is 3. The summed E-state index contributed by atoms with van der Waals surface area (Å²) in [6.45, 7) is 13.3. The first-order chi connectivity index (χ1) is 12.0. The van der Waals surface area contributed by atoms with Crippen LogP contribution in [0.4, 0.5) is 0 Å². The molecule has 1 atom stereocenters. The number of morpholine rings is 1. The molecular weight excluding hydrogens is 314 g/mol. The van der Waals surface area contributed by atoms with Crippen LogP contribution in [0.2, 0.25) is 0 Å². The molecule has 2 aliphatic heterocycles. The lowest BCUT2D eigenvalue weighted by Gasteiger charge is -2.44. The minimum atomic E-state index is -0.189. The summed E-state index contributed by atoms with van der Waals surface area (Å²) in [7, 11) is 0. The Kier molecular flexibility index (Phi) is 5.77. The molecule has 0 radical (unpaired) electrons. The zero-order chi connectivity index (χ0) is 17.9. The van der Waals surface area contributed by atoms with E-state index >= 15 is 0 Å². The summed E-state index contributed by atoms with van der Waals surface area (Å²) in [6, 6.07) is 10.0. The fraction of sp³-hybridized carbons (Fsp3) is 0.650. The molecule has 2 fully saturated rings. The molecule has 5 heteroatoms. The molecule has 0 spiro atoms. The number of benzene rings is 1. The van der Waals surface area contributed by atoms with Crippen molar-refractivity contribution in [3.8, 4) is 0 Å². The van der Waals surface area contributed by atoms with Gasteiger partial charge in [0.25, 0.3) is 0 Å². The molecule has 3 rings (SSSR count). The first-order valence-corrected chi connectivity index (χ1v) is 9.37. The number of nitrogens with zero attached hydrogens (tertiary/aromatic N) is 3. The summed E-state index contributed by atoms with van der Waals surface area (Å²) in [6.07, 6.45) is 0. The predicted octanol–water partition coefficient (Wildman–Crippen LogP) is 2.00. The van der Waals surface area contributed by atoms with Crippen LogP contribution in [0.1, 0.15) is 32.4 Å². The minimum Gasteiger partial charge on any atom is -0.379 e. The molecule has 1 aromatic rings. The van der Waals surface area contributed by atoms with Gasteiger partial charge >= 0.3 is 0 Å². The highest BCUT2D eigenvalue weighted by Gasteiger charge is 2.35. The summed E-state index contributed by atoms with van der Waals surface area (Å²) >= 11 is 0. The van der Waals surface area contributed by atoms with Crippen LogP contribution in [0.15, 0.2) is 30.3 Å². The molecule has 5 nitrogen and oxygen atoms in total. The van der Waals surface area contributed by atoms with Crippen LogP contribution in [0.25, 0.3) is 0 Å².